The highest BCUT2D eigenvalue weighted by Gasteiger charge is 2.78. The van der Waals surface area contributed by atoms with E-state index in [0.717, 1.165) is 0 Å². The van der Waals surface area contributed by atoms with Gasteiger partial charge in [0.1, 0.15) is 11.6 Å². The highest BCUT2D eigenvalue weighted by atomic mass is 35.5. The van der Waals surface area contributed by atoms with Crippen LogP contribution in [0.15, 0.2) is 49.6 Å². The lowest BCUT2D eigenvalue weighted by Gasteiger charge is -2.37. The number of halogens is 1. The van der Waals surface area contributed by atoms with Gasteiger partial charge in [0.05, 0.1) is 28.1 Å². The normalized spacial score (nSPS) is 29.3. The van der Waals surface area contributed by atoms with Crippen LogP contribution in [0.5, 0.6) is 0 Å². The van der Waals surface area contributed by atoms with E-state index < -0.39 is 29.1 Å². The van der Waals surface area contributed by atoms with Gasteiger partial charge < -0.3 is 24.5 Å². The van der Waals surface area contributed by atoms with Crippen LogP contribution in [0.3, 0.4) is 0 Å². The molecular weight excluding hydrogens is 506 g/mol. The van der Waals surface area contributed by atoms with Crippen molar-refractivity contribution in [3.8, 4) is 0 Å². The number of ether oxygens (including phenoxy) is 1. The molecule has 3 heterocycles. The lowest BCUT2D eigenvalue weighted by atomic mass is 9.64. The molecule has 3 saturated heterocycles. The molecule has 0 aromatic heterocycles. The summed E-state index contributed by atoms with van der Waals surface area (Å²) in [5.74, 6) is -2.17. The number of carbonyl (C=O) groups excluding carboxylic acids is 3. The molecule has 2 unspecified atom stereocenters. The number of unbranched alkanes of at least 4 members (excludes halogenated alkanes) is 1. The predicted molar refractivity (Wildman–Crippen MR) is 147 cm³/mol. The van der Waals surface area contributed by atoms with Gasteiger partial charge in [0, 0.05) is 33.3 Å². The van der Waals surface area contributed by atoms with E-state index in [1.807, 2.05) is 6.92 Å². The van der Waals surface area contributed by atoms with Gasteiger partial charge in [-0.15, -0.1) is 13.2 Å². The van der Waals surface area contributed by atoms with E-state index in [4.69, 9.17) is 16.3 Å². The number of aliphatic hydroxyl groups is 1. The van der Waals surface area contributed by atoms with E-state index in [-0.39, 0.29) is 37.4 Å². The molecule has 206 valence electrons. The Kier molecular flexibility index (Phi) is 8.35. The number of hydrogen-bond acceptors (Lipinski definition) is 5. The van der Waals surface area contributed by atoms with Gasteiger partial charge in [0.25, 0.3) is 5.91 Å². The smallest absolute Gasteiger partial charge is 0.253 e. The lowest BCUT2D eigenvalue weighted by Crippen LogP contribution is -2.56. The van der Waals surface area contributed by atoms with Crippen molar-refractivity contribution in [1.82, 2.24) is 9.80 Å². The zero-order valence-electron chi connectivity index (χ0n) is 22.3. The third kappa shape index (κ3) is 4.36. The molecule has 1 N–H and O–H groups in total. The van der Waals surface area contributed by atoms with Crippen LogP contribution in [0.2, 0.25) is 5.02 Å². The fourth-order valence-corrected chi connectivity index (χ4v) is 7.02. The first-order chi connectivity index (χ1) is 18.2. The van der Waals surface area contributed by atoms with Gasteiger partial charge in [0.15, 0.2) is 0 Å². The van der Waals surface area contributed by atoms with Crippen LogP contribution < -0.4 is 4.90 Å². The van der Waals surface area contributed by atoms with Crippen molar-refractivity contribution in [2.75, 3.05) is 38.2 Å². The minimum Gasteiger partial charge on any atom is -0.396 e. The van der Waals surface area contributed by atoms with Crippen molar-refractivity contribution in [2.45, 2.75) is 56.3 Å². The van der Waals surface area contributed by atoms with Crippen LogP contribution in [0.4, 0.5) is 5.69 Å². The van der Waals surface area contributed by atoms with Gasteiger partial charge in [0.2, 0.25) is 11.8 Å². The highest BCUT2D eigenvalue weighted by Crippen LogP contribution is 2.64. The molecule has 2 bridgehead atoms. The molecule has 0 radical (unpaired) electrons. The second-order valence-corrected chi connectivity index (χ2v) is 10.9. The van der Waals surface area contributed by atoms with Crippen LogP contribution in [0, 0.1) is 11.8 Å². The number of fused-ring (bicyclic) bond motifs is 1. The third-order valence-corrected chi connectivity index (χ3v) is 8.81. The molecule has 38 heavy (non-hydrogen) atoms. The summed E-state index contributed by atoms with van der Waals surface area (Å²) in [6.45, 7) is 10.4. The first kappa shape index (κ1) is 28.3. The number of amides is 3. The zero-order chi connectivity index (χ0) is 27.7. The molecule has 3 aliphatic heterocycles. The van der Waals surface area contributed by atoms with E-state index in [2.05, 4.69) is 13.2 Å². The minimum absolute atomic E-state index is 0.0136. The average molecular weight is 544 g/mol. The van der Waals surface area contributed by atoms with Gasteiger partial charge in [-0.2, -0.15) is 0 Å². The Morgan fingerprint density at radius 2 is 1.89 bits per heavy atom. The molecule has 3 amide bonds. The van der Waals surface area contributed by atoms with E-state index in [1.54, 1.807) is 58.2 Å². The highest BCUT2D eigenvalue weighted by molar-refractivity contribution is 6.34. The maximum atomic E-state index is 14.5. The number of nitrogens with zero attached hydrogens (tertiary/aromatic N) is 3. The Labute approximate surface area is 229 Å². The van der Waals surface area contributed by atoms with Crippen molar-refractivity contribution < 1.29 is 24.2 Å². The molecule has 1 aromatic carbocycles. The topological polar surface area (TPSA) is 90.4 Å². The van der Waals surface area contributed by atoms with Crippen molar-refractivity contribution in [3.63, 3.8) is 0 Å². The predicted octanol–water partition coefficient (Wildman–Crippen LogP) is 3.43. The van der Waals surface area contributed by atoms with Gasteiger partial charge >= 0.3 is 0 Å². The van der Waals surface area contributed by atoms with Gasteiger partial charge in [-0.25, -0.2) is 0 Å². The SMILES string of the molecule is C=CCN(C)C(=O)[C@@H]1[C@H]2C(=O)N(CCCCO)C(C(=O)N(CC=C)c3ccccc3Cl)C23CC[C@@]1(CC)O3. The van der Waals surface area contributed by atoms with Crippen molar-refractivity contribution >= 4 is 35.0 Å². The Morgan fingerprint density at radius 3 is 2.53 bits per heavy atom. The lowest BCUT2D eigenvalue weighted by molar-refractivity contribution is -0.150. The number of anilines is 1. The van der Waals surface area contributed by atoms with Crippen molar-refractivity contribution in [3.05, 3.63) is 54.6 Å². The molecule has 0 saturated carbocycles. The first-order valence-electron chi connectivity index (χ1n) is 13.4. The van der Waals surface area contributed by atoms with E-state index >= 15 is 0 Å². The second kappa shape index (κ2) is 11.2. The molecule has 9 heteroatoms. The Hall–Kier alpha value is -2.68. The number of para-hydroxylation sites is 1. The molecule has 4 rings (SSSR count). The van der Waals surface area contributed by atoms with Crippen LogP contribution in [-0.4, -0.2) is 83.2 Å². The van der Waals surface area contributed by atoms with Gasteiger partial charge in [-0.05, 0) is 44.2 Å². The fourth-order valence-electron chi connectivity index (χ4n) is 6.78. The van der Waals surface area contributed by atoms with Gasteiger partial charge in [-0.3, -0.25) is 14.4 Å². The second-order valence-electron chi connectivity index (χ2n) is 10.5. The van der Waals surface area contributed by atoms with Crippen molar-refractivity contribution in [1.29, 1.82) is 0 Å². The van der Waals surface area contributed by atoms with Crippen molar-refractivity contribution in [2.24, 2.45) is 11.8 Å². The first-order valence-corrected chi connectivity index (χ1v) is 13.7. The van der Waals surface area contributed by atoms with E-state index in [9.17, 15) is 19.5 Å². The molecule has 0 aliphatic carbocycles. The number of hydrogen-bond donors (Lipinski definition) is 1. The van der Waals surface area contributed by atoms with E-state index in [0.29, 0.717) is 49.4 Å². The fraction of sp³-hybridized carbons (Fsp3) is 0.552. The number of aliphatic hydroxyl groups excluding tert-OH is 1. The molecule has 5 atom stereocenters. The Morgan fingerprint density at radius 1 is 1.18 bits per heavy atom. The number of benzene rings is 1. The third-order valence-electron chi connectivity index (χ3n) is 8.49. The van der Waals surface area contributed by atoms with Gasteiger partial charge in [-0.1, -0.05) is 42.8 Å². The van der Waals surface area contributed by atoms with Crippen LogP contribution >= 0.6 is 11.6 Å². The quantitative estimate of drug-likeness (QED) is 0.322. The number of carbonyl (C=O) groups is 3. The minimum atomic E-state index is -1.13. The van der Waals surface area contributed by atoms with Crippen LogP contribution in [0.1, 0.15) is 39.0 Å². The molecule has 1 aromatic rings. The molecular formula is C29H38ClN3O5. The maximum Gasteiger partial charge on any atom is 0.253 e. The van der Waals surface area contributed by atoms with Crippen LogP contribution in [0.25, 0.3) is 0 Å². The summed E-state index contributed by atoms with van der Waals surface area (Å²) in [5, 5.41) is 9.80. The summed E-state index contributed by atoms with van der Waals surface area (Å²) >= 11 is 6.51. The molecule has 1 spiro atoms. The summed E-state index contributed by atoms with van der Waals surface area (Å²) in [4.78, 5) is 47.2. The zero-order valence-corrected chi connectivity index (χ0v) is 23.0. The summed E-state index contributed by atoms with van der Waals surface area (Å²) in [6.07, 6.45) is 5.95. The standard InChI is InChI=1S/C29H38ClN3O5/c1-5-16-31(4)25(35)22-23-26(36)33(18-10-11-19-34)24(29(23)15-14-28(22,7-3)38-29)27(37)32(17-6-2)21-13-9-8-12-20(21)30/h5-6,8-9,12-13,22-24,34H,1-2,7,10-11,14-19H2,3-4H3/t22-,23-,24?,28+,29?/m0/s1. The maximum absolute atomic E-state index is 14.5. The monoisotopic (exact) mass is 543 g/mol. The Bertz CT molecular complexity index is 1110. The number of likely N-dealkylation sites (tertiary alicyclic amines) is 1. The molecule has 8 nitrogen and oxygen atoms in total. The number of likely N-dealkylation sites (N-methyl/N-ethyl adjacent to an activating group) is 1. The molecule has 3 fully saturated rings. The Balaban J connectivity index is 1.82. The number of rotatable bonds is 12. The van der Waals surface area contributed by atoms with Crippen LogP contribution in [-0.2, 0) is 19.1 Å². The molecule has 3 aliphatic rings. The summed E-state index contributed by atoms with van der Waals surface area (Å²) < 4.78 is 6.83. The summed E-state index contributed by atoms with van der Waals surface area (Å²) in [7, 11) is 1.70. The largest absolute Gasteiger partial charge is 0.396 e. The summed E-state index contributed by atoms with van der Waals surface area (Å²) in [6, 6.07) is 6.15. The van der Waals surface area contributed by atoms with E-state index in [1.165, 1.54) is 0 Å². The summed E-state index contributed by atoms with van der Waals surface area (Å²) in [5.41, 5.74) is -1.41. The average Bonchev–Trinajstić information content (AvgIpc) is 3.51.